The lowest BCUT2D eigenvalue weighted by atomic mass is 9.91. The van der Waals surface area contributed by atoms with Gasteiger partial charge in [-0.25, -0.2) is 19.9 Å². The average Bonchev–Trinajstić information content (AvgIpc) is 3.61. The molecular formula is C51H35N5. The molecule has 56 heavy (non-hydrogen) atoms. The molecule has 0 fully saturated rings. The van der Waals surface area contributed by atoms with E-state index >= 15 is 0 Å². The molecule has 0 atom stereocenters. The van der Waals surface area contributed by atoms with Crippen LogP contribution in [-0.4, -0.2) is 24.5 Å². The number of rotatable bonds is 8. The van der Waals surface area contributed by atoms with Crippen LogP contribution < -0.4 is 0 Å². The fraction of sp³-hybridized carbons (Fsp3) is 0.0196. The first-order valence-corrected chi connectivity index (χ1v) is 18.9. The molecule has 0 aliphatic heterocycles. The van der Waals surface area contributed by atoms with Crippen LogP contribution in [-0.2, 0) is 6.42 Å². The summed E-state index contributed by atoms with van der Waals surface area (Å²) in [7, 11) is 0. The van der Waals surface area contributed by atoms with Crippen molar-refractivity contribution in [3.05, 3.63) is 212 Å². The zero-order chi connectivity index (χ0) is 37.3. The Labute approximate surface area is 325 Å². The Bertz CT molecular complexity index is 2870. The van der Waals surface area contributed by atoms with E-state index in [1.807, 2.05) is 66.9 Å². The van der Waals surface area contributed by atoms with Crippen LogP contribution in [0.2, 0.25) is 0 Å². The van der Waals surface area contributed by atoms with Gasteiger partial charge in [0.2, 0.25) is 0 Å². The first-order valence-electron chi connectivity index (χ1n) is 18.9. The van der Waals surface area contributed by atoms with Crippen LogP contribution in [0, 0.1) is 0 Å². The molecule has 5 nitrogen and oxygen atoms in total. The second-order valence-corrected chi connectivity index (χ2v) is 13.9. The molecule has 0 spiro atoms. The fourth-order valence-corrected chi connectivity index (χ4v) is 7.69. The lowest BCUT2D eigenvalue weighted by Gasteiger charge is -2.16. The largest absolute Gasteiger partial charge is 0.294 e. The van der Waals surface area contributed by atoms with E-state index in [0.717, 1.165) is 50.2 Å². The molecule has 0 saturated carbocycles. The number of para-hydroxylation sites is 2. The van der Waals surface area contributed by atoms with Crippen molar-refractivity contribution in [3.8, 4) is 62.0 Å². The van der Waals surface area contributed by atoms with Gasteiger partial charge in [-0.2, -0.15) is 0 Å². The molecular weight excluding hydrogens is 683 g/mol. The molecule has 0 bridgehead atoms. The Hall–Kier alpha value is -7.50. The summed E-state index contributed by atoms with van der Waals surface area (Å²) in [5.74, 6) is 2.79. The van der Waals surface area contributed by atoms with Crippen molar-refractivity contribution in [3.63, 3.8) is 0 Å². The quantitative estimate of drug-likeness (QED) is 0.157. The van der Waals surface area contributed by atoms with Gasteiger partial charge in [0.1, 0.15) is 11.6 Å². The van der Waals surface area contributed by atoms with Crippen LogP contribution >= 0.6 is 0 Å². The van der Waals surface area contributed by atoms with Gasteiger partial charge in [-0.3, -0.25) is 4.57 Å². The third-order valence-corrected chi connectivity index (χ3v) is 10.4. The third kappa shape index (κ3) is 6.21. The van der Waals surface area contributed by atoms with Crippen molar-refractivity contribution < 1.29 is 0 Å². The normalized spacial score (nSPS) is 11.3. The molecule has 0 radical (unpaired) electrons. The number of hydrogen-bond donors (Lipinski definition) is 0. The van der Waals surface area contributed by atoms with Crippen molar-refractivity contribution in [1.82, 2.24) is 24.5 Å². The second kappa shape index (κ2) is 14.4. The highest BCUT2D eigenvalue weighted by Gasteiger charge is 2.20. The summed E-state index contributed by atoms with van der Waals surface area (Å²) in [4.78, 5) is 20.5. The van der Waals surface area contributed by atoms with E-state index in [1.54, 1.807) is 0 Å². The van der Waals surface area contributed by atoms with Gasteiger partial charge in [0.15, 0.2) is 11.6 Å². The van der Waals surface area contributed by atoms with Gasteiger partial charge in [-0.15, -0.1) is 0 Å². The number of fused-ring (bicyclic) bond motifs is 3. The maximum absolute atomic E-state index is 5.33. The molecule has 10 rings (SSSR count). The van der Waals surface area contributed by atoms with Crippen molar-refractivity contribution in [2.75, 3.05) is 0 Å². The Morgan fingerprint density at radius 3 is 1.41 bits per heavy atom. The summed E-state index contributed by atoms with van der Waals surface area (Å²) in [5, 5.41) is 2.36. The number of hydrogen-bond acceptors (Lipinski definition) is 4. The molecule has 0 unspecified atom stereocenters. The zero-order valence-corrected chi connectivity index (χ0v) is 30.5. The van der Waals surface area contributed by atoms with Gasteiger partial charge in [0, 0.05) is 45.6 Å². The highest BCUT2D eigenvalue weighted by atomic mass is 15.1. The highest BCUT2D eigenvalue weighted by Crippen LogP contribution is 2.38. The van der Waals surface area contributed by atoms with Gasteiger partial charge in [0.05, 0.1) is 11.0 Å². The molecule has 0 aliphatic carbocycles. The lowest BCUT2D eigenvalue weighted by molar-refractivity contribution is 0.914. The smallest absolute Gasteiger partial charge is 0.163 e. The number of benzene rings is 7. The van der Waals surface area contributed by atoms with Crippen LogP contribution in [0.3, 0.4) is 0 Å². The minimum atomic E-state index is 0.437. The van der Waals surface area contributed by atoms with Gasteiger partial charge in [-0.05, 0) is 52.1 Å². The molecule has 10 aromatic rings. The van der Waals surface area contributed by atoms with E-state index in [4.69, 9.17) is 19.9 Å². The van der Waals surface area contributed by atoms with Crippen LogP contribution in [0.4, 0.5) is 0 Å². The molecule has 3 aromatic heterocycles. The first-order chi connectivity index (χ1) is 27.8. The maximum atomic E-state index is 5.33. The standard InChI is InChI=1S/C51H35N5/c1-5-17-35(18-6-1)42-30-29-39(32-45(42)36-19-7-2-8-20-36)41-31-40(51(52-34-41)56-46-27-15-13-25-43(46)44-26-14-16-28-47(44)56)33-48-53-49(37-21-9-3-10-22-37)55-50(54-48)38-23-11-4-12-24-38/h1-32,34H,33H2. The molecule has 264 valence electrons. The predicted molar refractivity (Wildman–Crippen MR) is 228 cm³/mol. The number of pyridine rings is 1. The van der Waals surface area contributed by atoms with Gasteiger partial charge >= 0.3 is 0 Å². The summed E-state index contributed by atoms with van der Waals surface area (Å²) in [6.45, 7) is 0. The van der Waals surface area contributed by atoms with Crippen LogP contribution in [0.15, 0.2) is 200 Å². The predicted octanol–water partition coefficient (Wildman–Crippen LogP) is 12.3. The van der Waals surface area contributed by atoms with Gasteiger partial charge < -0.3 is 0 Å². The summed E-state index contributed by atoms with van der Waals surface area (Å²) >= 11 is 0. The molecule has 7 aromatic carbocycles. The summed E-state index contributed by atoms with van der Waals surface area (Å²) in [6.07, 6.45) is 2.44. The minimum absolute atomic E-state index is 0.437. The van der Waals surface area contributed by atoms with E-state index in [0.29, 0.717) is 23.9 Å². The minimum Gasteiger partial charge on any atom is -0.294 e. The van der Waals surface area contributed by atoms with Crippen molar-refractivity contribution in [1.29, 1.82) is 0 Å². The molecule has 0 saturated heterocycles. The van der Waals surface area contributed by atoms with Crippen molar-refractivity contribution >= 4 is 21.8 Å². The fourth-order valence-electron chi connectivity index (χ4n) is 7.69. The first kappa shape index (κ1) is 33.1. The summed E-state index contributed by atoms with van der Waals surface area (Å²) < 4.78 is 2.29. The third-order valence-electron chi connectivity index (χ3n) is 10.4. The maximum Gasteiger partial charge on any atom is 0.163 e. The average molecular weight is 718 g/mol. The Morgan fingerprint density at radius 1 is 0.375 bits per heavy atom. The van der Waals surface area contributed by atoms with Crippen LogP contribution in [0.5, 0.6) is 0 Å². The molecule has 0 aliphatic rings. The Morgan fingerprint density at radius 2 is 0.857 bits per heavy atom. The van der Waals surface area contributed by atoms with Crippen LogP contribution in [0.25, 0.3) is 83.8 Å². The number of aromatic nitrogens is 5. The van der Waals surface area contributed by atoms with E-state index < -0.39 is 0 Å². The van der Waals surface area contributed by atoms with Crippen LogP contribution in [0.1, 0.15) is 11.4 Å². The number of nitrogens with zero attached hydrogens (tertiary/aromatic N) is 5. The summed E-state index contributed by atoms with van der Waals surface area (Å²) in [5.41, 5.74) is 11.9. The van der Waals surface area contributed by atoms with E-state index in [2.05, 4.69) is 138 Å². The molecule has 3 heterocycles. The van der Waals surface area contributed by atoms with Crippen molar-refractivity contribution in [2.24, 2.45) is 0 Å². The van der Waals surface area contributed by atoms with E-state index in [1.165, 1.54) is 27.5 Å². The van der Waals surface area contributed by atoms with Gasteiger partial charge in [0.25, 0.3) is 0 Å². The molecule has 0 N–H and O–H groups in total. The topological polar surface area (TPSA) is 56.5 Å². The zero-order valence-electron chi connectivity index (χ0n) is 30.5. The Kier molecular flexibility index (Phi) is 8.50. The SMILES string of the molecule is c1ccc(-c2nc(Cc3cc(-c4ccc(-c5ccccc5)c(-c5ccccc5)c4)cnc3-n3c4ccccc4c4ccccc43)nc(-c3ccccc3)n2)cc1. The highest BCUT2D eigenvalue weighted by molar-refractivity contribution is 6.09. The summed E-state index contributed by atoms with van der Waals surface area (Å²) in [6, 6.07) is 67.6. The monoisotopic (exact) mass is 717 g/mol. The van der Waals surface area contributed by atoms with Crippen molar-refractivity contribution in [2.45, 2.75) is 6.42 Å². The lowest BCUT2D eigenvalue weighted by Crippen LogP contribution is -2.08. The van der Waals surface area contributed by atoms with E-state index in [9.17, 15) is 0 Å². The van der Waals surface area contributed by atoms with Gasteiger partial charge in [-0.1, -0.05) is 170 Å². The second-order valence-electron chi connectivity index (χ2n) is 13.9. The molecule has 5 heteroatoms. The Balaban J connectivity index is 1.18. The molecule has 0 amide bonds. The van der Waals surface area contributed by atoms with E-state index in [-0.39, 0.29) is 0 Å².